The molecule has 1 heterocycles. The van der Waals surface area contributed by atoms with Crippen LogP contribution in [0.3, 0.4) is 0 Å². The van der Waals surface area contributed by atoms with Crippen molar-refractivity contribution in [2.75, 3.05) is 12.0 Å². The Labute approximate surface area is 217 Å². The third-order valence-corrected chi connectivity index (χ3v) is 6.89. The van der Waals surface area contributed by atoms with Gasteiger partial charge >= 0.3 is 0 Å². The van der Waals surface area contributed by atoms with Crippen LogP contribution in [0.25, 0.3) is 5.76 Å². The van der Waals surface area contributed by atoms with Crippen molar-refractivity contribution < 1.29 is 19.4 Å². The van der Waals surface area contributed by atoms with Gasteiger partial charge in [0.15, 0.2) is 0 Å². The molecule has 1 amide bonds. The molecule has 1 N–H and O–H groups in total. The molecule has 0 saturated carbocycles. The van der Waals surface area contributed by atoms with Crippen LogP contribution in [0.2, 0.25) is 5.02 Å². The van der Waals surface area contributed by atoms with Gasteiger partial charge < -0.3 is 9.84 Å². The van der Waals surface area contributed by atoms with Crippen LogP contribution in [-0.4, -0.2) is 23.9 Å². The number of amides is 1. The van der Waals surface area contributed by atoms with E-state index in [1.54, 1.807) is 37.4 Å². The first-order valence-electron chi connectivity index (χ1n) is 11.8. The number of carbonyl (C=O) groups is 2. The maximum atomic E-state index is 13.5. The molecule has 3 aromatic carbocycles. The molecule has 0 aliphatic carbocycles. The Morgan fingerprint density at radius 1 is 0.944 bits per heavy atom. The number of Topliss-reactive ketones (excluding diaryl/α,β-unsaturated/α-hetero) is 1. The highest BCUT2D eigenvalue weighted by molar-refractivity contribution is 6.52. The lowest BCUT2D eigenvalue weighted by Gasteiger charge is -2.28. The Bertz CT molecular complexity index is 1380. The Kier molecular flexibility index (Phi) is 6.72. The van der Waals surface area contributed by atoms with Crippen LogP contribution < -0.4 is 9.64 Å². The summed E-state index contributed by atoms with van der Waals surface area (Å²) in [6, 6.07) is 17.4. The molecule has 0 spiro atoms. The molecule has 0 bridgehead atoms. The number of aliphatic hydroxyl groups excluding tert-OH is 1. The van der Waals surface area contributed by atoms with Gasteiger partial charge in [0, 0.05) is 16.3 Å². The Balaban J connectivity index is 1.97. The highest BCUT2D eigenvalue weighted by Crippen LogP contribution is 2.44. The lowest BCUT2D eigenvalue weighted by Crippen LogP contribution is -2.30. The van der Waals surface area contributed by atoms with E-state index in [1.165, 1.54) is 4.90 Å². The van der Waals surface area contributed by atoms with E-state index in [2.05, 4.69) is 20.8 Å². The average molecular weight is 504 g/mol. The predicted octanol–water partition coefficient (Wildman–Crippen LogP) is 6.89. The monoisotopic (exact) mass is 503 g/mol. The van der Waals surface area contributed by atoms with Crippen molar-refractivity contribution in [3.63, 3.8) is 0 Å². The summed E-state index contributed by atoms with van der Waals surface area (Å²) in [7, 11) is 1.56. The first-order chi connectivity index (χ1) is 16.9. The van der Waals surface area contributed by atoms with Crippen molar-refractivity contribution >= 4 is 34.7 Å². The SMILES string of the molecule is COc1ccc(/C(O)=C2/C(=O)C(=O)N(c3cc(Cl)ccc3C)C2c2ccc(C(C)(C)C)cc2)c(C)c1. The van der Waals surface area contributed by atoms with Crippen molar-refractivity contribution in [3.05, 3.63) is 99.1 Å². The first kappa shape index (κ1) is 25.5. The number of aliphatic hydroxyl groups is 1. The number of aryl methyl sites for hydroxylation is 2. The maximum Gasteiger partial charge on any atom is 0.300 e. The summed E-state index contributed by atoms with van der Waals surface area (Å²) < 4.78 is 5.28. The quantitative estimate of drug-likeness (QED) is 0.239. The van der Waals surface area contributed by atoms with Gasteiger partial charge in [-0.05, 0) is 71.8 Å². The van der Waals surface area contributed by atoms with Crippen molar-refractivity contribution in [2.45, 2.75) is 46.1 Å². The molecule has 6 heteroatoms. The fourth-order valence-corrected chi connectivity index (χ4v) is 4.74. The summed E-state index contributed by atoms with van der Waals surface area (Å²) in [4.78, 5) is 28.4. The van der Waals surface area contributed by atoms with Gasteiger partial charge in [-0.2, -0.15) is 0 Å². The zero-order chi connectivity index (χ0) is 26.4. The molecule has 1 unspecified atom stereocenters. The first-order valence-corrected chi connectivity index (χ1v) is 12.1. The van der Waals surface area contributed by atoms with Crippen LogP contribution in [0.4, 0.5) is 5.69 Å². The second kappa shape index (κ2) is 9.47. The summed E-state index contributed by atoms with van der Waals surface area (Å²) >= 11 is 6.29. The van der Waals surface area contributed by atoms with Gasteiger partial charge in [0.25, 0.3) is 11.7 Å². The predicted molar refractivity (Wildman–Crippen MR) is 144 cm³/mol. The minimum absolute atomic E-state index is 0.0381. The number of nitrogens with zero attached hydrogens (tertiary/aromatic N) is 1. The fourth-order valence-electron chi connectivity index (χ4n) is 4.58. The summed E-state index contributed by atoms with van der Waals surface area (Å²) in [6.07, 6.45) is 0. The largest absolute Gasteiger partial charge is 0.507 e. The number of halogens is 1. The molecule has 1 aliphatic rings. The van der Waals surface area contributed by atoms with E-state index in [0.717, 1.165) is 16.7 Å². The van der Waals surface area contributed by atoms with Crippen LogP contribution in [-0.2, 0) is 15.0 Å². The molecule has 3 aromatic rings. The molecule has 0 radical (unpaired) electrons. The number of carbonyl (C=O) groups excluding carboxylic acids is 2. The Morgan fingerprint density at radius 3 is 2.19 bits per heavy atom. The van der Waals surface area contributed by atoms with Gasteiger partial charge in [0.05, 0.1) is 18.7 Å². The molecule has 0 aromatic heterocycles. The van der Waals surface area contributed by atoms with Gasteiger partial charge in [-0.15, -0.1) is 0 Å². The van der Waals surface area contributed by atoms with Crippen molar-refractivity contribution in [1.29, 1.82) is 0 Å². The maximum absolute atomic E-state index is 13.5. The Morgan fingerprint density at radius 2 is 1.61 bits per heavy atom. The van der Waals surface area contributed by atoms with E-state index in [4.69, 9.17) is 16.3 Å². The number of benzene rings is 3. The normalized spacial score (nSPS) is 17.5. The lowest BCUT2D eigenvalue weighted by atomic mass is 9.85. The molecule has 36 heavy (non-hydrogen) atoms. The number of rotatable bonds is 4. The number of anilines is 1. The van der Waals surface area contributed by atoms with Crippen molar-refractivity contribution in [1.82, 2.24) is 0 Å². The van der Waals surface area contributed by atoms with Gasteiger partial charge in [0.1, 0.15) is 11.5 Å². The number of ketones is 1. The van der Waals surface area contributed by atoms with E-state index in [0.29, 0.717) is 27.6 Å². The van der Waals surface area contributed by atoms with Crippen molar-refractivity contribution in [3.8, 4) is 5.75 Å². The van der Waals surface area contributed by atoms with E-state index in [9.17, 15) is 14.7 Å². The number of methoxy groups -OCH3 is 1. The number of hydrogen-bond donors (Lipinski definition) is 1. The molecule has 1 fully saturated rings. The van der Waals surface area contributed by atoms with Gasteiger partial charge in [-0.3, -0.25) is 14.5 Å². The molecular formula is C30H30ClNO4. The zero-order valence-electron chi connectivity index (χ0n) is 21.3. The molecule has 5 nitrogen and oxygen atoms in total. The summed E-state index contributed by atoms with van der Waals surface area (Å²) in [5.74, 6) is -1.04. The van der Waals surface area contributed by atoms with E-state index < -0.39 is 17.7 Å². The van der Waals surface area contributed by atoms with Gasteiger partial charge in [-0.1, -0.05) is 62.7 Å². The number of hydrogen-bond acceptors (Lipinski definition) is 4. The molecule has 186 valence electrons. The second-order valence-corrected chi connectivity index (χ2v) is 10.6. The smallest absolute Gasteiger partial charge is 0.300 e. The van der Waals surface area contributed by atoms with Crippen LogP contribution in [0.15, 0.2) is 66.2 Å². The van der Waals surface area contributed by atoms with Gasteiger partial charge in [-0.25, -0.2) is 0 Å². The van der Waals surface area contributed by atoms with E-state index >= 15 is 0 Å². The second-order valence-electron chi connectivity index (χ2n) is 10.2. The minimum Gasteiger partial charge on any atom is -0.507 e. The zero-order valence-corrected chi connectivity index (χ0v) is 22.1. The molecule has 4 rings (SSSR count). The average Bonchev–Trinajstić information content (AvgIpc) is 3.10. The molecule has 1 saturated heterocycles. The summed E-state index contributed by atoms with van der Waals surface area (Å²) in [6.45, 7) is 10.0. The third kappa shape index (κ3) is 4.51. The lowest BCUT2D eigenvalue weighted by molar-refractivity contribution is -0.132. The Hall–Kier alpha value is -3.57. The van der Waals surface area contributed by atoms with Crippen LogP contribution >= 0.6 is 11.6 Å². The van der Waals surface area contributed by atoms with Crippen LogP contribution in [0, 0.1) is 13.8 Å². The molecule has 1 aliphatic heterocycles. The topological polar surface area (TPSA) is 66.8 Å². The van der Waals surface area contributed by atoms with Crippen molar-refractivity contribution in [2.24, 2.45) is 0 Å². The molecular weight excluding hydrogens is 474 g/mol. The summed E-state index contributed by atoms with van der Waals surface area (Å²) in [5.41, 5.74) is 4.31. The fraction of sp³-hybridized carbons (Fsp3) is 0.267. The van der Waals surface area contributed by atoms with Gasteiger partial charge in [0.2, 0.25) is 0 Å². The minimum atomic E-state index is -0.822. The molecule has 1 atom stereocenters. The van der Waals surface area contributed by atoms with Crippen LogP contribution in [0.5, 0.6) is 5.75 Å². The van der Waals surface area contributed by atoms with Crippen LogP contribution in [0.1, 0.15) is 54.6 Å². The van der Waals surface area contributed by atoms with E-state index in [1.807, 2.05) is 44.2 Å². The highest BCUT2D eigenvalue weighted by atomic mass is 35.5. The summed E-state index contributed by atoms with van der Waals surface area (Å²) in [5, 5.41) is 11.9. The van der Waals surface area contributed by atoms with E-state index in [-0.39, 0.29) is 16.7 Å². The standard InChI is InChI=1S/C30H30ClNO4/c1-17-7-12-21(31)16-24(17)32-26(19-8-10-20(11-9-19)30(3,4)5)25(28(34)29(32)35)27(33)23-14-13-22(36-6)15-18(23)2/h7-16,26,33H,1-6H3/b27-25-. The highest BCUT2D eigenvalue weighted by Gasteiger charge is 2.47. The number of ether oxygens (including phenoxy) is 1. The third-order valence-electron chi connectivity index (χ3n) is 6.66.